The van der Waals surface area contributed by atoms with Crippen LogP contribution in [0.5, 0.6) is 11.5 Å². The third-order valence-electron chi connectivity index (χ3n) is 2.49. The summed E-state index contributed by atoms with van der Waals surface area (Å²) >= 11 is 3.39. The van der Waals surface area contributed by atoms with E-state index >= 15 is 0 Å². The Morgan fingerprint density at radius 2 is 2.23 bits per heavy atom. The summed E-state index contributed by atoms with van der Waals surface area (Å²) in [6.45, 7) is 0. The van der Waals surface area contributed by atoms with Gasteiger partial charge in [0.05, 0.1) is 11.6 Å². The van der Waals surface area contributed by atoms with E-state index in [1.807, 2.05) is 6.07 Å². The van der Waals surface area contributed by atoms with Crippen LogP contribution < -0.4 is 4.74 Å². The number of methoxy groups -OCH3 is 1. The highest BCUT2D eigenvalue weighted by Gasteiger charge is 2.19. The molecule has 0 saturated carbocycles. The van der Waals surface area contributed by atoms with E-state index in [4.69, 9.17) is 4.74 Å². The van der Waals surface area contributed by atoms with E-state index in [-0.39, 0.29) is 5.75 Å². The van der Waals surface area contributed by atoms with Crippen molar-refractivity contribution < 1.29 is 9.84 Å². The molecule has 0 unspecified atom stereocenters. The van der Waals surface area contributed by atoms with Crippen LogP contribution in [0.15, 0.2) is 10.5 Å². The molecule has 0 aliphatic heterocycles. The number of hydrogen-bond acceptors (Lipinski definition) is 2. The molecule has 0 bridgehead atoms. The molecule has 0 atom stereocenters. The zero-order valence-corrected chi connectivity index (χ0v) is 9.02. The molecule has 0 heterocycles. The predicted molar refractivity (Wildman–Crippen MR) is 54.4 cm³/mol. The van der Waals surface area contributed by atoms with Crippen molar-refractivity contribution in [1.82, 2.24) is 0 Å². The van der Waals surface area contributed by atoms with Gasteiger partial charge in [0.15, 0.2) is 11.5 Å². The fourth-order valence-electron chi connectivity index (χ4n) is 1.81. The van der Waals surface area contributed by atoms with Gasteiger partial charge in [-0.2, -0.15) is 0 Å². The molecule has 1 aromatic rings. The Morgan fingerprint density at radius 1 is 1.46 bits per heavy atom. The number of hydrogen-bond donors (Lipinski definition) is 1. The summed E-state index contributed by atoms with van der Waals surface area (Å²) in [4.78, 5) is 0. The largest absolute Gasteiger partial charge is 0.503 e. The van der Waals surface area contributed by atoms with Crippen LogP contribution in [0.1, 0.15) is 17.5 Å². The van der Waals surface area contributed by atoms with Crippen molar-refractivity contribution in [2.24, 2.45) is 0 Å². The van der Waals surface area contributed by atoms with Crippen molar-refractivity contribution in [3.05, 3.63) is 21.7 Å². The van der Waals surface area contributed by atoms with Crippen LogP contribution >= 0.6 is 15.9 Å². The van der Waals surface area contributed by atoms with Crippen LogP contribution in [0.3, 0.4) is 0 Å². The molecule has 0 aromatic heterocycles. The number of aromatic hydroxyl groups is 1. The number of aryl methyl sites for hydroxylation is 1. The van der Waals surface area contributed by atoms with E-state index < -0.39 is 0 Å². The van der Waals surface area contributed by atoms with Crippen molar-refractivity contribution >= 4 is 15.9 Å². The van der Waals surface area contributed by atoms with Crippen LogP contribution in [0.2, 0.25) is 0 Å². The summed E-state index contributed by atoms with van der Waals surface area (Å²) in [6.07, 6.45) is 3.30. The van der Waals surface area contributed by atoms with E-state index in [1.165, 1.54) is 17.5 Å². The first-order valence-electron chi connectivity index (χ1n) is 4.31. The van der Waals surface area contributed by atoms with E-state index in [0.29, 0.717) is 5.75 Å². The number of ether oxygens (including phenoxy) is 1. The summed E-state index contributed by atoms with van der Waals surface area (Å²) < 4.78 is 5.88. The van der Waals surface area contributed by atoms with Crippen LogP contribution in [0.4, 0.5) is 0 Å². The van der Waals surface area contributed by atoms with E-state index in [2.05, 4.69) is 15.9 Å². The maximum Gasteiger partial charge on any atom is 0.172 e. The van der Waals surface area contributed by atoms with Gasteiger partial charge in [-0.25, -0.2) is 0 Å². The van der Waals surface area contributed by atoms with Crippen molar-refractivity contribution in [1.29, 1.82) is 0 Å². The summed E-state index contributed by atoms with van der Waals surface area (Å²) in [5.74, 6) is 0.788. The second-order valence-electron chi connectivity index (χ2n) is 3.23. The van der Waals surface area contributed by atoms with Gasteiger partial charge in [0.2, 0.25) is 0 Å². The molecule has 0 spiro atoms. The molecular weight excluding hydrogens is 232 g/mol. The van der Waals surface area contributed by atoms with Gasteiger partial charge < -0.3 is 9.84 Å². The maximum atomic E-state index is 9.69. The van der Waals surface area contributed by atoms with Gasteiger partial charge in [0.1, 0.15) is 0 Å². The predicted octanol–water partition coefficient (Wildman–Crippen LogP) is 2.65. The van der Waals surface area contributed by atoms with Crippen molar-refractivity contribution in [2.45, 2.75) is 19.3 Å². The number of benzene rings is 1. The first-order valence-corrected chi connectivity index (χ1v) is 5.10. The standard InChI is InChI=1S/C10H11BrO2/c1-13-8-5-6-3-2-4-7(6)9(11)10(8)12/h5,12H,2-4H2,1H3. The lowest BCUT2D eigenvalue weighted by Gasteiger charge is -2.09. The number of phenolic OH excluding ortho intramolecular Hbond substituents is 1. The van der Waals surface area contributed by atoms with Gasteiger partial charge in [-0.15, -0.1) is 0 Å². The minimum Gasteiger partial charge on any atom is -0.503 e. The minimum atomic E-state index is 0.225. The number of phenols is 1. The third-order valence-corrected chi connectivity index (χ3v) is 3.35. The van der Waals surface area contributed by atoms with Crippen molar-refractivity contribution in [2.75, 3.05) is 7.11 Å². The molecular formula is C10H11BrO2. The molecule has 3 heteroatoms. The normalized spacial score (nSPS) is 14.3. The molecule has 1 N–H and O–H groups in total. The summed E-state index contributed by atoms with van der Waals surface area (Å²) in [5.41, 5.74) is 2.53. The van der Waals surface area contributed by atoms with Crippen LogP contribution in [-0.4, -0.2) is 12.2 Å². The zero-order chi connectivity index (χ0) is 9.42. The summed E-state index contributed by atoms with van der Waals surface area (Å²) in [6, 6.07) is 1.93. The Kier molecular flexibility index (Phi) is 2.20. The smallest absolute Gasteiger partial charge is 0.172 e. The quantitative estimate of drug-likeness (QED) is 0.821. The Balaban J connectivity index is 2.61. The molecule has 0 saturated heterocycles. The van der Waals surface area contributed by atoms with E-state index in [9.17, 15) is 5.11 Å². The average molecular weight is 243 g/mol. The van der Waals surface area contributed by atoms with Crippen LogP contribution in [0, 0.1) is 0 Å². The Labute approximate surface area is 85.7 Å². The van der Waals surface area contributed by atoms with Gasteiger partial charge in [-0.05, 0) is 52.4 Å². The summed E-state index contributed by atoms with van der Waals surface area (Å²) in [7, 11) is 1.57. The number of halogens is 1. The molecule has 1 aliphatic rings. The third kappa shape index (κ3) is 1.31. The molecule has 70 valence electrons. The van der Waals surface area contributed by atoms with Crippen molar-refractivity contribution in [3.63, 3.8) is 0 Å². The zero-order valence-electron chi connectivity index (χ0n) is 7.43. The van der Waals surface area contributed by atoms with Gasteiger partial charge >= 0.3 is 0 Å². The second-order valence-corrected chi connectivity index (χ2v) is 4.03. The fraction of sp³-hybridized carbons (Fsp3) is 0.400. The number of rotatable bonds is 1. The van der Waals surface area contributed by atoms with Gasteiger partial charge in [0.25, 0.3) is 0 Å². The van der Waals surface area contributed by atoms with Crippen molar-refractivity contribution in [3.8, 4) is 11.5 Å². The highest BCUT2D eigenvalue weighted by Crippen LogP contribution is 2.41. The lowest BCUT2D eigenvalue weighted by atomic mass is 10.1. The lowest BCUT2D eigenvalue weighted by molar-refractivity contribution is 0.371. The highest BCUT2D eigenvalue weighted by molar-refractivity contribution is 9.10. The Morgan fingerprint density at radius 3 is 2.92 bits per heavy atom. The monoisotopic (exact) mass is 242 g/mol. The SMILES string of the molecule is COc1cc2c(c(Br)c1O)CCC2. The van der Waals surface area contributed by atoms with E-state index in [1.54, 1.807) is 7.11 Å². The minimum absolute atomic E-state index is 0.225. The molecule has 1 aromatic carbocycles. The van der Waals surface area contributed by atoms with Crippen LogP contribution in [-0.2, 0) is 12.8 Å². The molecule has 13 heavy (non-hydrogen) atoms. The fourth-order valence-corrected chi connectivity index (χ4v) is 2.46. The Bertz CT molecular complexity index is 347. The maximum absolute atomic E-state index is 9.69. The first kappa shape index (κ1) is 8.88. The van der Waals surface area contributed by atoms with Gasteiger partial charge in [-0.3, -0.25) is 0 Å². The second kappa shape index (κ2) is 3.22. The topological polar surface area (TPSA) is 29.5 Å². The molecule has 2 rings (SSSR count). The van der Waals surface area contributed by atoms with E-state index in [0.717, 1.165) is 17.3 Å². The number of fused-ring (bicyclic) bond motifs is 1. The van der Waals surface area contributed by atoms with Crippen LogP contribution in [0.25, 0.3) is 0 Å². The average Bonchev–Trinajstić information content (AvgIpc) is 2.59. The van der Waals surface area contributed by atoms with Gasteiger partial charge in [-0.1, -0.05) is 0 Å². The highest BCUT2D eigenvalue weighted by atomic mass is 79.9. The first-order chi connectivity index (χ1) is 6.24. The summed E-state index contributed by atoms with van der Waals surface area (Å²) in [5, 5.41) is 9.69. The lowest BCUT2D eigenvalue weighted by Crippen LogP contribution is -1.90. The van der Waals surface area contributed by atoms with Gasteiger partial charge in [0, 0.05) is 0 Å². The molecule has 2 nitrogen and oxygen atoms in total. The Hall–Kier alpha value is -0.700. The molecule has 0 fully saturated rings. The molecule has 0 amide bonds. The molecule has 1 aliphatic carbocycles. The molecule has 0 radical (unpaired) electrons.